The van der Waals surface area contributed by atoms with Gasteiger partial charge in [0.2, 0.25) is 10.0 Å². The summed E-state index contributed by atoms with van der Waals surface area (Å²) < 4.78 is 26.3. The van der Waals surface area contributed by atoms with Gasteiger partial charge >= 0.3 is 0 Å². The van der Waals surface area contributed by atoms with Gasteiger partial charge in [0.05, 0.1) is 0 Å². The normalized spacial score (nSPS) is 13.0. The highest BCUT2D eigenvalue weighted by Gasteiger charge is 2.21. The van der Waals surface area contributed by atoms with Crippen molar-refractivity contribution in [3.8, 4) is 0 Å². The first-order valence-electron chi connectivity index (χ1n) is 8.74. The number of hydrogen-bond donors (Lipinski definition) is 1. The smallest absolute Gasteiger partial charge is 0.244 e. The minimum atomic E-state index is -3.45. The summed E-state index contributed by atoms with van der Waals surface area (Å²) in [7, 11) is -3.45. The Bertz CT molecular complexity index is 742. The molecule has 0 aliphatic rings. The van der Waals surface area contributed by atoms with E-state index in [2.05, 4.69) is 29.4 Å². The number of benzene rings is 1. The topological polar surface area (TPSA) is 62.3 Å². The van der Waals surface area contributed by atoms with Gasteiger partial charge < -0.3 is 5.32 Å². The Balaban J connectivity index is 1.95. The van der Waals surface area contributed by atoms with Crippen LogP contribution in [0.1, 0.15) is 32.8 Å². The number of anilines is 1. The molecule has 136 valence electrons. The molecule has 2 rings (SSSR count). The van der Waals surface area contributed by atoms with E-state index >= 15 is 0 Å². The largest absolute Gasteiger partial charge is 0.368 e. The standard InChI is InChI=1S/C19H27N3O2S/c1-4-22(5-2)25(23,24)18-13-14-19(20-15-18)21-16(3)11-12-17-9-7-6-8-10-17/h6-10,13-16H,4-5,11-12H2,1-3H3,(H,20,21). The number of nitrogens with zero attached hydrogens (tertiary/aromatic N) is 2. The van der Waals surface area contributed by atoms with Crippen LogP contribution in [0.3, 0.4) is 0 Å². The molecule has 2 aromatic rings. The molecule has 0 aliphatic heterocycles. The second kappa shape index (κ2) is 8.97. The number of aromatic nitrogens is 1. The van der Waals surface area contributed by atoms with Crippen LogP contribution in [0.25, 0.3) is 0 Å². The Morgan fingerprint density at radius 1 is 1.08 bits per heavy atom. The van der Waals surface area contributed by atoms with Gasteiger partial charge in [-0.05, 0) is 37.5 Å². The molecule has 1 heterocycles. The van der Waals surface area contributed by atoms with Crippen molar-refractivity contribution >= 4 is 15.8 Å². The highest BCUT2D eigenvalue weighted by Crippen LogP contribution is 2.17. The lowest BCUT2D eigenvalue weighted by molar-refractivity contribution is 0.445. The van der Waals surface area contributed by atoms with Crippen molar-refractivity contribution in [2.45, 2.75) is 44.6 Å². The molecule has 0 radical (unpaired) electrons. The van der Waals surface area contributed by atoms with Crippen LogP contribution in [-0.4, -0.2) is 36.8 Å². The summed E-state index contributed by atoms with van der Waals surface area (Å²) in [4.78, 5) is 4.51. The zero-order valence-corrected chi connectivity index (χ0v) is 16.0. The first-order chi connectivity index (χ1) is 12.0. The van der Waals surface area contributed by atoms with E-state index in [-0.39, 0.29) is 10.9 Å². The summed E-state index contributed by atoms with van der Waals surface area (Å²) in [6.07, 6.45) is 3.40. The molecule has 0 spiro atoms. The summed E-state index contributed by atoms with van der Waals surface area (Å²) in [6, 6.07) is 14.0. The van der Waals surface area contributed by atoms with E-state index in [1.165, 1.54) is 16.1 Å². The molecule has 1 aromatic carbocycles. The van der Waals surface area contributed by atoms with E-state index in [0.29, 0.717) is 18.9 Å². The summed E-state index contributed by atoms with van der Waals surface area (Å²) >= 11 is 0. The molecule has 0 saturated carbocycles. The van der Waals surface area contributed by atoms with Gasteiger partial charge in [-0.3, -0.25) is 0 Å². The monoisotopic (exact) mass is 361 g/mol. The Morgan fingerprint density at radius 3 is 2.32 bits per heavy atom. The summed E-state index contributed by atoms with van der Waals surface area (Å²) in [6.45, 7) is 6.67. The van der Waals surface area contributed by atoms with Gasteiger partial charge in [-0.25, -0.2) is 13.4 Å². The zero-order valence-electron chi connectivity index (χ0n) is 15.1. The minimum Gasteiger partial charge on any atom is -0.368 e. The van der Waals surface area contributed by atoms with Gasteiger partial charge in [0.1, 0.15) is 10.7 Å². The third kappa shape index (κ3) is 5.28. The second-order valence-electron chi connectivity index (χ2n) is 6.04. The number of rotatable bonds is 9. The highest BCUT2D eigenvalue weighted by atomic mass is 32.2. The number of hydrogen-bond acceptors (Lipinski definition) is 4. The van der Waals surface area contributed by atoms with Crippen molar-refractivity contribution in [1.82, 2.24) is 9.29 Å². The average molecular weight is 362 g/mol. The van der Waals surface area contributed by atoms with Gasteiger partial charge in [-0.1, -0.05) is 44.2 Å². The van der Waals surface area contributed by atoms with Crippen LogP contribution >= 0.6 is 0 Å². The van der Waals surface area contributed by atoms with Gasteiger partial charge in [0.25, 0.3) is 0 Å². The predicted molar refractivity (Wildman–Crippen MR) is 102 cm³/mol. The van der Waals surface area contributed by atoms with Gasteiger partial charge in [-0.15, -0.1) is 0 Å². The van der Waals surface area contributed by atoms with Crippen molar-refractivity contribution in [3.05, 3.63) is 54.2 Å². The number of sulfonamides is 1. The van der Waals surface area contributed by atoms with Crippen LogP contribution in [0.5, 0.6) is 0 Å². The van der Waals surface area contributed by atoms with Gasteiger partial charge in [0, 0.05) is 25.3 Å². The highest BCUT2D eigenvalue weighted by molar-refractivity contribution is 7.89. The SMILES string of the molecule is CCN(CC)S(=O)(=O)c1ccc(NC(C)CCc2ccccc2)nc1. The fourth-order valence-electron chi connectivity index (χ4n) is 2.68. The Kier molecular flexibility index (Phi) is 6.96. The molecule has 1 aromatic heterocycles. The fraction of sp³-hybridized carbons (Fsp3) is 0.421. The number of nitrogens with one attached hydrogen (secondary N) is 1. The first-order valence-corrected chi connectivity index (χ1v) is 10.2. The van der Waals surface area contributed by atoms with E-state index in [1.54, 1.807) is 12.1 Å². The zero-order chi connectivity index (χ0) is 18.3. The van der Waals surface area contributed by atoms with Crippen LogP contribution < -0.4 is 5.32 Å². The van der Waals surface area contributed by atoms with E-state index in [9.17, 15) is 8.42 Å². The molecule has 1 atom stereocenters. The lowest BCUT2D eigenvalue weighted by Gasteiger charge is -2.19. The Labute approximate surface area is 151 Å². The lowest BCUT2D eigenvalue weighted by Crippen LogP contribution is -2.30. The molecular formula is C19H27N3O2S. The number of pyridine rings is 1. The van der Waals surface area contributed by atoms with Gasteiger partial charge in [-0.2, -0.15) is 4.31 Å². The van der Waals surface area contributed by atoms with Crippen LogP contribution in [-0.2, 0) is 16.4 Å². The fourth-order valence-corrected chi connectivity index (χ4v) is 4.09. The first kappa shape index (κ1) is 19.4. The van der Waals surface area contributed by atoms with Crippen LogP contribution in [0.4, 0.5) is 5.82 Å². The molecule has 0 saturated heterocycles. The van der Waals surface area contributed by atoms with Crippen molar-refractivity contribution in [1.29, 1.82) is 0 Å². The minimum absolute atomic E-state index is 0.235. The van der Waals surface area contributed by atoms with Crippen LogP contribution in [0.2, 0.25) is 0 Å². The van der Waals surface area contributed by atoms with E-state index in [4.69, 9.17) is 0 Å². The molecule has 0 bridgehead atoms. The quantitative estimate of drug-likeness (QED) is 0.742. The molecule has 1 unspecified atom stereocenters. The van der Waals surface area contributed by atoms with Crippen molar-refractivity contribution in [3.63, 3.8) is 0 Å². The molecule has 0 fully saturated rings. The summed E-state index contributed by atoms with van der Waals surface area (Å²) in [5, 5.41) is 3.33. The second-order valence-corrected chi connectivity index (χ2v) is 7.98. The van der Waals surface area contributed by atoms with Crippen molar-refractivity contribution < 1.29 is 8.42 Å². The number of aryl methyl sites for hydroxylation is 1. The Morgan fingerprint density at radius 2 is 1.76 bits per heavy atom. The van der Waals surface area contributed by atoms with E-state index < -0.39 is 10.0 Å². The maximum Gasteiger partial charge on any atom is 0.244 e. The summed E-state index contributed by atoms with van der Waals surface area (Å²) in [5.74, 6) is 0.694. The maximum atomic E-state index is 12.5. The van der Waals surface area contributed by atoms with Gasteiger partial charge in [0.15, 0.2) is 0 Å². The lowest BCUT2D eigenvalue weighted by atomic mass is 10.1. The third-order valence-electron chi connectivity index (χ3n) is 4.18. The predicted octanol–water partition coefficient (Wildman–Crippen LogP) is 3.55. The van der Waals surface area contributed by atoms with E-state index in [1.807, 2.05) is 32.0 Å². The van der Waals surface area contributed by atoms with E-state index in [0.717, 1.165) is 12.8 Å². The molecule has 25 heavy (non-hydrogen) atoms. The van der Waals surface area contributed by atoms with Crippen molar-refractivity contribution in [2.75, 3.05) is 18.4 Å². The third-order valence-corrected chi connectivity index (χ3v) is 6.22. The molecule has 1 N–H and O–H groups in total. The molecule has 6 heteroatoms. The molecule has 0 amide bonds. The van der Waals surface area contributed by atoms with Crippen molar-refractivity contribution in [2.24, 2.45) is 0 Å². The maximum absolute atomic E-state index is 12.5. The average Bonchev–Trinajstić information content (AvgIpc) is 2.62. The van der Waals surface area contributed by atoms with Crippen LogP contribution in [0, 0.1) is 0 Å². The molecule has 5 nitrogen and oxygen atoms in total. The molecular weight excluding hydrogens is 334 g/mol. The summed E-state index contributed by atoms with van der Waals surface area (Å²) in [5.41, 5.74) is 1.31. The Hall–Kier alpha value is -1.92. The molecule has 0 aliphatic carbocycles. The van der Waals surface area contributed by atoms with Crippen LogP contribution in [0.15, 0.2) is 53.6 Å².